The molecule has 1 aliphatic rings. The molecule has 0 bridgehead atoms. The van der Waals surface area contributed by atoms with Gasteiger partial charge in [-0.3, -0.25) is 0 Å². The molecule has 102 valence electrons. The Morgan fingerprint density at radius 3 is 2.42 bits per heavy atom. The third-order valence-electron chi connectivity index (χ3n) is 3.04. The van der Waals surface area contributed by atoms with Crippen LogP contribution in [0.15, 0.2) is 28.6 Å². The molecule has 0 aromatic rings. The van der Waals surface area contributed by atoms with Crippen LogP contribution in [0.5, 0.6) is 0 Å². The van der Waals surface area contributed by atoms with Crippen molar-refractivity contribution in [2.75, 3.05) is 14.2 Å². The van der Waals surface area contributed by atoms with Crippen LogP contribution in [0.3, 0.4) is 0 Å². The van der Waals surface area contributed by atoms with E-state index in [1.54, 1.807) is 6.20 Å². The number of ketones is 1. The zero-order chi connectivity index (χ0) is 14.7. The van der Waals surface area contributed by atoms with E-state index in [4.69, 9.17) is 0 Å². The van der Waals surface area contributed by atoms with E-state index in [9.17, 15) is 9.59 Å². The van der Waals surface area contributed by atoms with E-state index in [0.717, 1.165) is 40.1 Å². The van der Waals surface area contributed by atoms with Crippen molar-refractivity contribution in [3.63, 3.8) is 0 Å². The van der Waals surface area contributed by atoms with Crippen molar-refractivity contribution in [2.45, 2.75) is 20.8 Å². The summed E-state index contributed by atoms with van der Waals surface area (Å²) in [5, 5.41) is 0. The summed E-state index contributed by atoms with van der Waals surface area (Å²) >= 11 is 1.14. The first-order valence-electron chi connectivity index (χ1n) is 5.69. The maximum atomic E-state index is 11.9. The van der Waals surface area contributed by atoms with Gasteiger partial charge in [-0.25, -0.2) is 0 Å². The van der Waals surface area contributed by atoms with Crippen LogP contribution in [0.4, 0.5) is 0 Å². The third-order valence-corrected chi connectivity index (χ3v) is 4.53. The quantitative estimate of drug-likeness (QED) is 0.385. The summed E-state index contributed by atoms with van der Waals surface area (Å²) in [5.41, 5.74) is 3.47. The van der Waals surface area contributed by atoms with E-state index in [0.29, 0.717) is 5.57 Å². The fourth-order valence-corrected chi connectivity index (χ4v) is 3.36. The molecule has 1 rings (SSSR count). The standard InChI is InChI=1S/C14H16NO3.W/c1-6-9(2)10(3)12-7-11(8-15(12)4)13(16)14(17)18-5;/h8H,1-5H3;/q-1;. The summed E-state index contributed by atoms with van der Waals surface area (Å²) in [7, 11) is 3.07. The molecule has 0 amide bonds. The van der Waals surface area contributed by atoms with E-state index in [2.05, 4.69) is 10.8 Å². The van der Waals surface area contributed by atoms with Crippen molar-refractivity contribution >= 4 is 15.7 Å². The minimum atomic E-state index is -0.827. The number of methoxy groups -OCH3 is 1. The van der Waals surface area contributed by atoms with Gasteiger partial charge in [0.15, 0.2) is 0 Å². The normalized spacial score (nSPS) is 18.4. The third kappa shape index (κ3) is 3.00. The molecule has 0 N–H and O–H groups in total. The Balaban J connectivity index is 3.21. The number of ether oxygens (including phenoxy) is 1. The Morgan fingerprint density at radius 1 is 1.37 bits per heavy atom. The summed E-state index contributed by atoms with van der Waals surface area (Å²) in [6.07, 6.45) is 4.77. The van der Waals surface area contributed by atoms with Crippen molar-refractivity contribution in [3.05, 3.63) is 34.7 Å². The van der Waals surface area contributed by atoms with Crippen molar-refractivity contribution < 1.29 is 33.7 Å². The van der Waals surface area contributed by atoms with Crippen LogP contribution in [0.1, 0.15) is 20.8 Å². The molecule has 0 radical (unpaired) electrons. The Bertz CT molecular complexity index is 541. The first-order valence-corrected chi connectivity index (χ1v) is 7.16. The molecule has 5 heteroatoms. The van der Waals surface area contributed by atoms with Crippen LogP contribution in [0.2, 0.25) is 0 Å². The molecule has 1 heterocycles. The van der Waals surface area contributed by atoms with Gasteiger partial charge in [0, 0.05) is 0 Å². The Hall–Kier alpha value is -1.28. The Labute approximate surface area is 124 Å². The number of carbonyl (C=O) groups excluding carboxylic acids is 2. The van der Waals surface area contributed by atoms with Crippen LogP contribution in [0, 0.1) is 6.08 Å². The van der Waals surface area contributed by atoms with E-state index in [-0.39, 0.29) is 0 Å². The SMILES string of the molecule is C[C-]=C(C)C(C)=C1[C](=[W])C(C(=O)C(=O)OC)=CN1C. The molecule has 19 heavy (non-hydrogen) atoms. The van der Waals surface area contributed by atoms with Crippen LogP contribution in [-0.4, -0.2) is 34.7 Å². The zero-order valence-corrected chi connectivity index (χ0v) is 14.6. The molecule has 0 unspecified atom stereocenters. The van der Waals surface area contributed by atoms with Gasteiger partial charge < -0.3 is 0 Å². The van der Waals surface area contributed by atoms with Gasteiger partial charge in [-0.05, 0) is 0 Å². The number of esters is 1. The maximum absolute atomic E-state index is 11.9. The second kappa shape index (κ2) is 6.24. The number of Topliss-reactive ketones (excluding diaryl/α,β-unsaturated/α-hetero) is 1. The van der Waals surface area contributed by atoms with Crippen molar-refractivity contribution in [1.82, 2.24) is 4.90 Å². The molecule has 4 nitrogen and oxygen atoms in total. The summed E-state index contributed by atoms with van der Waals surface area (Å²) in [6.45, 7) is 5.81. The summed E-state index contributed by atoms with van der Waals surface area (Å²) in [5.74, 6) is -1.42. The number of hydrogen-bond acceptors (Lipinski definition) is 4. The van der Waals surface area contributed by atoms with Gasteiger partial charge in [0.05, 0.1) is 0 Å². The second-order valence-electron chi connectivity index (χ2n) is 4.15. The first kappa shape index (κ1) is 15.8. The average Bonchev–Trinajstić information content (AvgIpc) is 2.70. The molecular weight excluding hydrogens is 414 g/mol. The zero-order valence-electron chi connectivity index (χ0n) is 11.7. The second-order valence-corrected chi connectivity index (χ2v) is 5.62. The van der Waals surface area contributed by atoms with E-state index >= 15 is 0 Å². The average molecular weight is 430 g/mol. The van der Waals surface area contributed by atoms with Gasteiger partial charge >= 0.3 is 124 Å². The fourth-order valence-electron chi connectivity index (χ4n) is 1.77. The van der Waals surface area contributed by atoms with Crippen LogP contribution >= 0.6 is 0 Å². The van der Waals surface area contributed by atoms with Gasteiger partial charge in [0.1, 0.15) is 0 Å². The van der Waals surface area contributed by atoms with Crippen molar-refractivity contribution in [1.29, 1.82) is 0 Å². The number of hydrogen-bond donors (Lipinski definition) is 0. The molecule has 1 aliphatic heterocycles. The van der Waals surface area contributed by atoms with Crippen LogP contribution < -0.4 is 0 Å². The first-order chi connectivity index (χ1) is 8.84. The van der Waals surface area contributed by atoms with Crippen LogP contribution in [-0.2, 0) is 33.7 Å². The molecule has 0 spiro atoms. The van der Waals surface area contributed by atoms with E-state index in [1.807, 2.05) is 32.7 Å². The molecule has 0 aromatic heterocycles. The van der Waals surface area contributed by atoms with Gasteiger partial charge in [0.25, 0.3) is 0 Å². The van der Waals surface area contributed by atoms with Crippen molar-refractivity contribution in [3.8, 4) is 0 Å². The molecule has 0 aliphatic carbocycles. The monoisotopic (exact) mass is 430 g/mol. The number of nitrogens with zero attached hydrogens (tertiary/aromatic N) is 1. The molecular formula is C14H16NO3W-. The number of carbonyl (C=O) groups is 2. The minimum absolute atomic E-state index is 0.419. The number of rotatable bonds is 3. The number of allylic oxidation sites excluding steroid dienone is 4. The van der Waals surface area contributed by atoms with E-state index < -0.39 is 11.8 Å². The van der Waals surface area contributed by atoms with E-state index in [1.165, 1.54) is 7.11 Å². The molecule has 0 fully saturated rings. The predicted molar refractivity (Wildman–Crippen MR) is 68.7 cm³/mol. The van der Waals surface area contributed by atoms with Gasteiger partial charge in [-0.1, -0.05) is 0 Å². The topological polar surface area (TPSA) is 46.6 Å². The van der Waals surface area contributed by atoms with Crippen LogP contribution in [0.25, 0.3) is 0 Å². The fraction of sp³-hybridized carbons (Fsp3) is 0.357. The van der Waals surface area contributed by atoms with Crippen molar-refractivity contribution in [2.24, 2.45) is 0 Å². The molecule has 0 atom stereocenters. The van der Waals surface area contributed by atoms with Gasteiger partial charge in [-0.15, -0.1) is 0 Å². The predicted octanol–water partition coefficient (Wildman–Crippen LogP) is 1.32. The van der Waals surface area contributed by atoms with Gasteiger partial charge in [0.2, 0.25) is 0 Å². The molecule has 0 aromatic carbocycles. The van der Waals surface area contributed by atoms with Gasteiger partial charge in [-0.2, -0.15) is 0 Å². The summed E-state index contributed by atoms with van der Waals surface area (Å²) in [6, 6.07) is 0. The molecule has 0 saturated carbocycles. The summed E-state index contributed by atoms with van der Waals surface area (Å²) < 4.78 is 5.35. The Kier molecular flexibility index (Phi) is 5.18. The Morgan fingerprint density at radius 2 is 1.95 bits per heavy atom. The molecule has 0 saturated heterocycles. The summed E-state index contributed by atoms with van der Waals surface area (Å²) in [4.78, 5) is 25.1.